The molecular weight excluding hydrogens is 487 g/mol. The van der Waals surface area contributed by atoms with E-state index < -0.39 is 40.3 Å². The smallest absolute Gasteiger partial charge is 0.424 e. The number of halogens is 3. The first-order valence-corrected chi connectivity index (χ1v) is 12.7. The van der Waals surface area contributed by atoms with E-state index in [-0.39, 0.29) is 31.7 Å². The van der Waals surface area contributed by atoms with Crippen molar-refractivity contribution in [2.45, 2.75) is 37.3 Å². The molecule has 2 saturated heterocycles. The fraction of sp³-hybridized carbons (Fsp3) is 0.435. The number of ether oxygens (including phenoxy) is 2. The monoisotopic (exact) mass is 511 g/mol. The number of hydrogen-bond donors (Lipinski definition) is 2. The topological polar surface area (TPSA) is 97.0 Å². The lowest BCUT2D eigenvalue weighted by atomic mass is 9.76. The van der Waals surface area contributed by atoms with Crippen LogP contribution in [0.25, 0.3) is 0 Å². The summed E-state index contributed by atoms with van der Waals surface area (Å²) in [6, 6.07) is 13.0. The van der Waals surface area contributed by atoms with Crippen molar-refractivity contribution in [3.05, 3.63) is 65.2 Å². The Morgan fingerprint density at radius 1 is 1.11 bits per heavy atom. The second-order valence-corrected chi connectivity index (χ2v) is 10.5. The van der Waals surface area contributed by atoms with Crippen molar-refractivity contribution >= 4 is 22.0 Å². The summed E-state index contributed by atoms with van der Waals surface area (Å²) in [5.41, 5.74) is 1.17. The molecule has 0 bridgehead atoms. The molecule has 0 radical (unpaired) electrons. The van der Waals surface area contributed by atoms with Crippen LogP contribution in [0, 0.1) is 5.92 Å². The van der Waals surface area contributed by atoms with E-state index in [4.69, 9.17) is 4.74 Å². The van der Waals surface area contributed by atoms with Crippen molar-refractivity contribution in [2.75, 3.05) is 25.0 Å². The molecule has 5 rings (SSSR count). The Labute approximate surface area is 200 Å². The van der Waals surface area contributed by atoms with E-state index >= 15 is 0 Å². The van der Waals surface area contributed by atoms with Gasteiger partial charge in [-0.2, -0.15) is 30.6 Å². The van der Waals surface area contributed by atoms with Crippen LogP contribution in [0.1, 0.15) is 41.7 Å². The molecule has 35 heavy (non-hydrogen) atoms. The highest BCUT2D eigenvalue weighted by Gasteiger charge is 2.44. The first-order valence-electron chi connectivity index (χ1n) is 11.3. The maximum Gasteiger partial charge on any atom is 0.424 e. The zero-order valence-corrected chi connectivity index (χ0v) is 19.3. The Morgan fingerprint density at radius 2 is 1.89 bits per heavy atom. The van der Waals surface area contributed by atoms with Gasteiger partial charge >= 0.3 is 22.5 Å². The standard InChI is InChI=1S/C23H24F3N3O5S/c24-23(25,26)15-6-9-19-18(12-15)21-17(20(28-19)14-4-2-1-3-5-14)8-7-16(34-21)13-27-35(31,32)29-10-11-33-22(29)30/h1-6,9,12,16-17,20-21,27-28H,7-8,10-11,13H2/t16-,17+,20+,21+/m1/s1. The molecule has 0 saturated carbocycles. The Kier molecular flexibility index (Phi) is 6.14. The van der Waals surface area contributed by atoms with Gasteiger partial charge < -0.3 is 14.8 Å². The third-order valence-corrected chi connectivity index (χ3v) is 8.08. The fourth-order valence-electron chi connectivity index (χ4n) is 4.95. The average molecular weight is 512 g/mol. The number of hydrogen-bond acceptors (Lipinski definition) is 6. The molecule has 2 fully saturated rings. The fourth-order valence-corrected chi connectivity index (χ4v) is 6.06. The van der Waals surface area contributed by atoms with Gasteiger partial charge in [0.05, 0.1) is 30.4 Å². The number of rotatable bonds is 5. The van der Waals surface area contributed by atoms with Gasteiger partial charge in [-0.1, -0.05) is 30.3 Å². The molecular formula is C23H24F3N3O5S. The third kappa shape index (κ3) is 4.69. The van der Waals surface area contributed by atoms with Crippen LogP contribution in [0.15, 0.2) is 48.5 Å². The van der Waals surface area contributed by atoms with Crippen LogP contribution in [-0.4, -0.2) is 44.6 Å². The van der Waals surface area contributed by atoms with Gasteiger partial charge in [-0.05, 0) is 36.6 Å². The SMILES string of the molecule is O=C1OCCN1S(=O)(=O)NC[C@H]1CC[C@@H]2[C@H](O1)c1cc(C(F)(F)F)ccc1N[C@H]2c1ccccc1. The summed E-state index contributed by atoms with van der Waals surface area (Å²) in [6.45, 7) is -0.217. The number of alkyl halides is 3. The highest BCUT2D eigenvalue weighted by Crippen LogP contribution is 2.51. The van der Waals surface area contributed by atoms with Gasteiger partial charge in [0.15, 0.2) is 0 Å². The molecule has 8 nitrogen and oxygen atoms in total. The van der Waals surface area contributed by atoms with Crippen LogP contribution in [0.5, 0.6) is 0 Å². The third-order valence-electron chi connectivity index (χ3n) is 6.64. The zero-order valence-electron chi connectivity index (χ0n) is 18.5. The molecule has 3 aliphatic rings. The van der Waals surface area contributed by atoms with Crippen molar-refractivity contribution < 1.29 is 35.9 Å². The molecule has 0 spiro atoms. The maximum absolute atomic E-state index is 13.5. The van der Waals surface area contributed by atoms with E-state index in [0.717, 1.165) is 17.7 Å². The van der Waals surface area contributed by atoms with Gasteiger partial charge in [0.1, 0.15) is 6.61 Å². The maximum atomic E-state index is 13.5. The van der Waals surface area contributed by atoms with Crippen molar-refractivity contribution in [3.8, 4) is 0 Å². The van der Waals surface area contributed by atoms with E-state index in [1.807, 2.05) is 30.3 Å². The molecule has 2 aromatic rings. The van der Waals surface area contributed by atoms with Crippen molar-refractivity contribution in [3.63, 3.8) is 0 Å². The lowest BCUT2D eigenvalue weighted by molar-refractivity contribution is -0.138. The normalized spacial score (nSPS) is 26.5. The van der Waals surface area contributed by atoms with E-state index in [0.29, 0.717) is 28.4 Å². The summed E-state index contributed by atoms with van der Waals surface area (Å²) in [7, 11) is -4.11. The van der Waals surface area contributed by atoms with Crippen LogP contribution >= 0.6 is 0 Å². The molecule has 12 heteroatoms. The number of amides is 1. The Bertz CT molecular complexity index is 1210. The van der Waals surface area contributed by atoms with Crippen LogP contribution in [0.2, 0.25) is 0 Å². The average Bonchev–Trinajstić information content (AvgIpc) is 3.29. The number of fused-ring (bicyclic) bond motifs is 3. The minimum Gasteiger partial charge on any atom is -0.447 e. The van der Waals surface area contributed by atoms with E-state index in [9.17, 15) is 26.4 Å². The van der Waals surface area contributed by atoms with Crippen molar-refractivity contribution in [1.29, 1.82) is 0 Å². The summed E-state index contributed by atoms with van der Waals surface area (Å²) in [4.78, 5) is 11.6. The minimum absolute atomic E-state index is 0.0182. The molecule has 3 heterocycles. The van der Waals surface area contributed by atoms with Gasteiger partial charge in [-0.3, -0.25) is 0 Å². The summed E-state index contributed by atoms with van der Waals surface area (Å²) in [5.74, 6) is -0.158. The molecule has 1 amide bonds. The predicted molar refractivity (Wildman–Crippen MR) is 120 cm³/mol. The minimum atomic E-state index is -4.51. The summed E-state index contributed by atoms with van der Waals surface area (Å²) in [6.07, 6.45) is -5.60. The highest BCUT2D eigenvalue weighted by molar-refractivity contribution is 7.87. The number of anilines is 1. The largest absolute Gasteiger partial charge is 0.447 e. The van der Waals surface area contributed by atoms with E-state index in [2.05, 4.69) is 14.8 Å². The Balaban J connectivity index is 1.41. The molecule has 4 atom stereocenters. The van der Waals surface area contributed by atoms with Crippen LogP contribution < -0.4 is 10.0 Å². The number of cyclic esters (lactones) is 1. The number of carbonyl (C=O) groups is 1. The number of nitrogens with one attached hydrogen (secondary N) is 2. The summed E-state index contributed by atoms with van der Waals surface area (Å²) in [5, 5.41) is 3.39. The van der Waals surface area contributed by atoms with Gasteiger partial charge in [-0.15, -0.1) is 0 Å². The van der Waals surface area contributed by atoms with Gasteiger partial charge in [-0.25, -0.2) is 4.79 Å². The first kappa shape index (κ1) is 23.9. The summed E-state index contributed by atoms with van der Waals surface area (Å²) >= 11 is 0. The number of nitrogens with zero attached hydrogens (tertiary/aromatic N) is 1. The Hall–Kier alpha value is -2.83. The van der Waals surface area contributed by atoms with E-state index in [1.165, 1.54) is 6.07 Å². The lowest BCUT2D eigenvalue weighted by Gasteiger charge is -2.46. The quantitative estimate of drug-likeness (QED) is 0.630. The molecule has 0 aliphatic carbocycles. The lowest BCUT2D eigenvalue weighted by Crippen LogP contribution is -2.47. The molecule has 3 aliphatic heterocycles. The second kappa shape index (κ2) is 8.99. The molecule has 0 aromatic heterocycles. The predicted octanol–water partition coefficient (Wildman–Crippen LogP) is 4.00. The zero-order chi connectivity index (χ0) is 24.8. The van der Waals surface area contributed by atoms with Crippen molar-refractivity contribution in [1.82, 2.24) is 9.03 Å². The highest BCUT2D eigenvalue weighted by atomic mass is 32.2. The second-order valence-electron chi connectivity index (χ2n) is 8.79. The molecule has 188 valence electrons. The molecule has 0 unspecified atom stereocenters. The van der Waals surface area contributed by atoms with Crippen molar-refractivity contribution in [2.24, 2.45) is 5.92 Å². The number of carbonyl (C=O) groups excluding carboxylic acids is 1. The van der Waals surface area contributed by atoms with Gasteiger partial charge in [0, 0.05) is 23.7 Å². The van der Waals surface area contributed by atoms with Gasteiger partial charge in [0.25, 0.3) is 0 Å². The molecule has 2 aromatic carbocycles. The first-order chi connectivity index (χ1) is 16.6. The number of benzene rings is 2. The van der Waals surface area contributed by atoms with Crippen LogP contribution in [-0.2, 0) is 25.9 Å². The van der Waals surface area contributed by atoms with E-state index in [1.54, 1.807) is 0 Å². The van der Waals surface area contributed by atoms with Crippen LogP contribution in [0.3, 0.4) is 0 Å². The van der Waals surface area contributed by atoms with Crippen LogP contribution in [0.4, 0.5) is 23.7 Å². The Morgan fingerprint density at radius 3 is 2.57 bits per heavy atom. The summed E-state index contributed by atoms with van der Waals surface area (Å²) < 4.78 is 79.2. The van der Waals surface area contributed by atoms with Gasteiger partial charge in [0.2, 0.25) is 0 Å². The molecule has 2 N–H and O–H groups in total.